The van der Waals surface area contributed by atoms with Crippen molar-refractivity contribution in [1.29, 1.82) is 0 Å². The van der Waals surface area contributed by atoms with Crippen LogP contribution in [0.25, 0.3) is 0 Å². The van der Waals surface area contributed by atoms with Gasteiger partial charge in [0.25, 0.3) is 0 Å². The summed E-state index contributed by atoms with van der Waals surface area (Å²) in [7, 11) is 0. The summed E-state index contributed by atoms with van der Waals surface area (Å²) in [5.41, 5.74) is 5.51. The molecule has 110 valence electrons. The van der Waals surface area contributed by atoms with Crippen molar-refractivity contribution in [1.82, 2.24) is 9.97 Å². The molecule has 0 bridgehead atoms. The first kappa shape index (κ1) is 15.8. The zero-order valence-electron chi connectivity index (χ0n) is 11.6. The lowest BCUT2D eigenvalue weighted by atomic mass is 10.1. The Morgan fingerprint density at radius 2 is 1.95 bits per heavy atom. The van der Waals surface area contributed by atoms with Crippen LogP contribution in [0.3, 0.4) is 0 Å². The number of anilines is 1. The Morgan fingerprint density at radius 1 is 1.40 bits per heavy atom. The fraction of sp³-hybridized carbons (Fsp3) is 0.500. The zero-order chi connectivity index (χ0) is 15.3. The minimum atomic E-state index is -1.01. The quantitative estimate of drug-likeness (QED) is 0.759. The van der Waals surface area contributed by atoms with Gasteiger partial charge >= 0.3 is 12.1 Å². The largest absolute Gasteiger partial charge is 0.481 e. The van der Waals surface area contributed by atoms with Gasteiger partial charge in [0.1, 0.15) is 5.60 Å². The van der Waals surface area contributed by atoms with E-state index >= 15 is 0 Å². The Morgan fingerprint density at radius 3 is 2.40 bits per heavy atom. The van der Waals surface area contributed by atoms with Crippen LogP contribution in [0.15, 0.2) is 12.4 Å². The molecule has 0 saturated carbocycles. The van der Waals surface area contributed by atoms with E-state index in [0.717, 1.165) is 0 Å². The van der Waals surface area contributed by atoms with E-state index in [-0.39, 0.29) is 12.4 Å². The maximum atomic E-state index is 11.5. The number of carboxylic acids is 1. The van der Waals surface area contributed by atoms with Crippen molar-refractivity contribution >= 4 is 18.0 Å². The molecule has 0 radical (unpaired) electrons. The summed E-state index contributed by atoms with van der Waals surface area (Å²) in [6.07, 6.45) is 1.85. The molecule has 0 spiro atoms. The van der Waals surface area contributed by atoms with Crippen molar-refractivity contribution < 1.29 is 19.4 Å². The summed E-state index contributed by atoms with van der Waals surface area (Å²) in [5, 5.41) is 11.0. The average molecular weight is 282 g/mol. The van der Waals surface area contributed by atoms with E-state index in [1.807, 2.05) is 0 Å². The summed E-state index contributed by atoms with van der Waals surface area (Å²) in [4.78, 5) is 29.8. The number of aromatic nitrogens is 2. The van der Waals surface area contributed by atoms with Crippen molar-refractivity contribution in [2.75, 3.05) is 5.32 Å². The lowest BCUT2D eigenvalue weighted by molar-refractivity contribution is -0.137. The number of hydrogen-bond donors (Lipinski definition) is 3. The Hall–Kier alpha value is -2.22. The molecule has 8 nitrogen and oxygen atoms in total. The molecule has 0 aliphatic heterocycles. The molecule has 20 heavy (non-hydrogen) atoms. The third-order valence-corrected chi connectivity index (χ3v) is 2.11. The van der Waals surface area contributed by atoms with Crippen LogP contribution >= 0.6 is 0 Å². The van der Waals surface area contributed by atoms with E-state index in [9.17, 15) is 9.59 Å². The molecule has 4 N–H and O–H groups in total. The Kier molecular flexibility index (Phi) is 4.98. The number of nitrogens with one attached hydrogen (secondary N) is 1. The second kappa shape index (κ2) is 6.29. The summed E-state index contributed by atoms with van der Waals surface area (Å²) >= 11 is 0. The number of aliphatic carboxylic acids is 1. The Balaban J connectivity index is 2.63. The number of nitrogens with zero attached hydrogens (tertiary/aromatic N) is 2. The van der Waals surface area contributed by atoms with Crippen LogP contribution in [-0.2, 0) is 9.53 Å². The number of hydrogen-bond acceptors (Lipinski definition) is 6. The Labute approximate surface area is 116 Å². The third kappa shape index (κ3) is 5.61. The standard InChI is InChI=1S/C12H18N4O4/c1-12(2,3)20-11(19)16-10-14-5-7(6-15-10)8(13)4-9(17)18/h5-6,8H,4,13H2,1-3H3,(H,17,18)(H,14,15,16,19). The predicted molar refractivity (Wildman–Crippen MR) is 71.1 cm³/mol. The Bertz CT molecular complexity index is 481. The van der Waals surface area contributed by atoms with Gasteiger partial charge in [-0.2, -0.15) is 0 Å². The molecular weight excluding hydrogens is 264 g/mol. The van der Waals surface area contributed by atoms with Gasteiger partial charge in [-0.05, 0) is 20.8 Å². The fourth-order valence-corrected chi connectivity index (χ4v) is 1.29. The molecule has 1 unspecified atom stereocenters. The molecule has 1 rings (SSSR count). The van der Waals surface area contributed by atoms with Crippen LogP contribution in [0.2, 0.25) is 0 Å². The number of carboxylic acid groups (broad SMARTS) is 1. The molecule has 1 heterocycles. The molecule has 1 amide bonds. The number of rotatable bonds is 4. The summed E-state index contributed by atoms with van der Waals surface area (Å²) < 4.78 is 5.04. The third-order valence-electron chi connectivity index (χ3n) is 2.11. The zero-order valence-corrected chi connectivity index (χ0v) is 11.6. The molecule has 0 saturated heterocycles. The van der Waals surface area contributed by atoms with Gasteiger partial charge in [0.15, 0.2) is 0 Å². The SMILES string of the molecule is CC(C)(C)OC(=O)Nc1ncc(C(N)CC(=O)O)cn1. The van der Waals surface area contributed by atoms with Gasteiger partial charge in [0.2, 0.25) is 5.95 Å². The molecule has 8 heteroatoms. The molecule has 1 atom stereocenters. The molecule has 0 aliphatic rings. The highest BCUT2D eigenvalue weighted by Crippen LogP contribution is 2.13. The number of ether oxygens (including phenoxy) is 1. The number of carbonyl (C=O) groups is 2. The van der Waals surface area contributed by atoms with E-state index in [1.165, 1.54) is 12.4 Å². The van der Waals surface area contributed by atoms with Gasteiger partial charge < -0.3 is 15.6 Å². The first-order valence-corrected chi connectivity index (χ1v) is 5.96. The second-order valence-electron chi connectivity index (χ2n) is 5.17. The van der Waals surface area contributed by atoms with Gasteiger partial charge in [0.05, 0.1) is 6.42 Å². The maximum absolute atomic E-state index is 11.5. The normalized spacial score (nSPS) is 12.6. The number of carbonyl (C=O) groups excluding carboxylic acids is 1. The first-order valence-electron chi connectivity index (χ1n) is 5.96. The van der Waals surface area contributed by atoms with E-state index in [2.05, 4.69) is 15.3 Å². The highest BCUT2D eigenvalue weighted by molar-refractivity contribution is 5.82. The van der Waals surface area contributed by atoms with Gasteiger partial charge in [-0.25, -0.2) is 14.8 Å². The van der Waals surface area contributed by atoms with E-state index in [4.69, 9.17) is 15.6 Å². The molecule has 0 fully saturated rings. The predicted octanol–water partition coefficient (Wildman–Crippen LogP) is 1.30. The van der Waals surface area contributed by atoms with Crippen molar-refractivity contribution in [3.63, 3.8) is 0 Å². The smallest absolute Gasteiger partial charge is 0.414 e. The van der Waals surface area contributed by atoms with Crippen molar-refractivity contribution in [2.24, 2.45) is 5.73 Å². The molecule has 1 aromatic heterocycles. The van der Waals surface area contributed by atoms with E-state index in [0.29, 0.717) is 5.56 Å². The van der Waals surface area contributed by atoms with Gasteiger partial charge in [-0.15, -0.1) is 0 Å². The van der Waals surface area contributed by atoms with Crippen LogP contribution in [0.5, 0.6) is 0 Å². The summed E-state index contributed by atoms with van der Waals surface area (Å²) in [5.74, 6) is -0.945. The van der Waals surface area contributed by atoms with Crippen LogP contribution in [0.4, 0.5) is 10.7 Å². The van der Waals surface area contributed by atoms with Crippen LogP contribution in [-0.4, -0.2) is 32.7 Å². The van der Waals surface area contributed by atoms with Gasteiger partial charge in [-0.1, -0.05) is 0 Å². The topological polar surface area (TPSA) is 127 Å². The van der Waals surface area contributed by atoms with Crippen molar-refractivity contribution in [3.05, 3.63) is 18.0 Å². The van der Waals surface area contributed by atoms with Crippen LogP contribution in [0, 0.1) is 0 Å². The van der Waals surface area contributed by atoms with Crippen molar-refractivity contribution in [2.45, 2.75) is 38.8 Å². The fourth-order valence-electron chi connectivity index (χ4n) is 1.29. The highest BCUT2D eigenvalue weighted by atomic mass is 16.6. The highest BCUT2D eigenvalue weighted by Gasteiger charge is 2.17. The van der Waals surface area contributed by atoms with Crippen molar-refractivity contribution in [3.8, 4) is 0 Å². The van der Waals surface area contributed by atoms with Gasteiger partial charge in [-0.3, -0.25) is 10.1 Å². The first-order chi connectivity index (χ1) is 9.17. The molecule has 1 aromatic rings. The van der Waals surface area contributed by atoms with Gasteiger partial charge in [0, 0.05) is 24.0 Å². The monoisotopic (exact) mass is 282 g/mol. The van der Waals surface area contributed by atoms with Crippen LogP contribution < -0.4 is 11.1 Å². The lowest BCUT2D eigenvalue weighted by Crippen LogP contribution is -2.27. The van der Waals surface area contributed by atoms with E-state index < -0.39 is 23.7 Å². The average Bonchev–Trinajstić information content (AvgIpc) is 2.26. The summed E-state index contributed by atoms with van der Waals surface area (Å²) in [6, 6.07) is -0.692. The van der Waals surface area contributed by atoms with E-state index in [1.54, 1.807) is 20.8 Å². The summed E-state index contributed by atoms with van der Waals surface area (Å²) in [6.45, 7) is 5.21. The molecular formula is C12H18N4O4. The molecule has 0 aromatic carbocycles. The minimum absolute atomic E-state index is 0.0607. The maximum Gasteiger partial charge on any atom is 0.414 e. The minimum Gasteiger partial charge on any atom is -0.481 e. The lowest BCUT2D eigenvalue weighted by Gasteiger charge is -2.19. The molecule has 0 aliphatic carbocycles. The van der Waals surface area contributed by atoms with Crippen LogP contribution in [0.1, 0.15) is 38.8 Å². The second-order valence-corrected chi connectivity index (χ2v) is 5.17. The number of amides is 1. The number of nitrogens with two attached hydrogens (primary N) is 1.